The van der Waals surface area contributed by atoms with Gasteiger partial charge in [-0.15, -0.1) is 0 Å². The van der Waals surface area contributed by atoms with E-state index < -0.39 is 0 Å². The fourth-order valence-electron chi connectivity index (χ4n) is 2.43. The predicted molar refractivity (Wildman–Crippen MR) is 77.3 cm³/mol. The van der Waals surface area contributed by atoms with Gasteiger partial charge in [0.2, 0.25) is 0 Å². The van der Waals surface area contributed by atoms with Gasteiger partial charge in [-0.2, -0.15) is 0 Å². The second-order valence-electron chi connectivity index (χ2n) is 6.90. The summed E-state index contributed by atoms with van der Waals surface area (Å²) >= 11 is 0. The summed E-state index contributed by atoms with van der Waals surface area (Å²) in [5.41, 5.74) is 1.83. The van der Waals surface area contributed by atoms with Crippen LogP contribution in [0.3, 0.4) is 0 Å². The zero-order chi connectivity index (χ0) is 12.9. The van der Waals surface area contributed by atoms with Crippen LogP contribution in [0.15, 0.2) is 11.6 Å². The van der Waals surface area contributed by atoms with E-state index in [0.717, 1.165) is 12.5 Å². The van der Waals surface area contributed by atoms with Crippen molar-refractivity contribution in [2.45, 2.75) is 72.3 Å². The Hall–Kier alpha value is -0.300. The Morgan fingerprint density at radius 3 is 2.24 bits per heavy atom. The fraction of sp³-hybridized carbons (Fsp3) is 0.875. The van der Waals surface area contributed by atoms with E-state index in [1.54, 1.807) is 5.57 Å². The highest BCUT2D eigenvalue weighted by Crippen LogP contribution is 2.27. The number of rotatable bonds is 4. The fourth-order valence-corrected chi connectivity index (χ4v) is 2.43. The molecule has 0 saturated heterocycles. The number of hydrogen-bond donors (Lipinski definition) is 1. The van der Waals surface area contributed by atoms with Crippen molar-refractivity contribution in [2.75, 3.05) is 6.54 Å². The Morgan fingerprint density at radius 1 is 1.18 bits per heavy atom. The van der Waals surface area contributed by atoms with Crippen LogP contribution in [0, 0.1) is 11.8 Å². The van der Waals surface area contributed by atoms with Gasteiger partial charge < -0.3 is 5.32 Å². The second-order valence-corrected chi connectivity index (χ2v) is 6.90. The highest BCUT2D eigenvalue weighted by Gasteiger charge is 2.15. The summed E-state index contributed by atoms with van der Waals surface area (Å²) in [6.45, 7) is 12.4. The van der Waals surface area contributed by atoms with Gasteiger partial charge in [0.1, 0.15) is 0 Å². The van der Waals surface area contributed by atoms with Crippen LogP contribution in [0.2, 0.25) is 0 Å². The maximum atomic E-state index is 3.62. The molecular formula is C16H31N. The average Bonchev–Trinajstić information content (AvgIpc) is 2.24. The lowest BCUT2D eigenvalue weighted by molar-refractivity contribution is 0.408. The van der Waals surface area contributed by atoms with Crippen LogP contribution in [-0.4, -0.2) is 12.1 Å². The SMILES string of the molecule is CC(C)C(=CC1CCCCC1)CNC(C)(C)C. The summed E-state index contributed by atoms with van der Waals surface area (Å²) in [5.74, 6) is 1.52. The van der Waals surface area contributed by atoms with E-state index in [0.29, 0.717) is 5.92 Å². The van der Waals surface area contributed by atoms with Crippen molar-refractivity contribution in [2.24, 2.45) is 11.8 Å². The third kappa shape index (κ3) is 6.26. The van der Waals surface area contributed by atoms with Gasteiger partial charge in [0.15, 0.2) is 0 Å². The molecule has 1 nitrogen and oxygen atoms in total. The summed E-state index contributed by atoms with van der Waals surface area (Å²) in [6, 6.07) is 0. The molecule has 1 fully saturated rings. The average molecular weight is 237 g/mol. The van der Waals surface area contributed by atoms with Crippen LogP contribution in [0.4, 0.5) is 0 Å². The van der Waals surface area contributed by atoms with Crippen molar-refractivity contribution in [3.8, 4) is 0 Å². The highest BCUT2D eigenvalue weighted by molar-refractivity contribution is 5.10. The molecule has 0 aliphatic heterocycles. The lowest BCUT2D eigenvalue weighted by Crippen LogP contribution is -2.37. The summed E-state index contributed by atoms with van der Waals surface area (Å²) in [6.07, 6.45) is 9.69. The number of allylic oxidation sites excluding steroid dienone is 1. The van der Waals surface area contributed by atoms with E-state index in [2.05, 4.69) is 46.0 Å². The van der Waals surface area contributed by atoms with Crippen LogP contribution in [0.5, 0.6) is 0 Å². The summed E-state index contributed by atoms with van der Waals surface area (Å²) < 4.78 is 0. The van der Waals surface area contributed by atoms with Crippen molar-refractivity contribution >= 4 is 0 Å². The molecule has 0 amide bonds. The summed E-state index contributed by atoms with van der Waals surface area (Å²) in [7, 11) is 0. The first-order chi connectivity index (χ1) is 7.88. The molecule has 1 N–H and O–H groups in total. The molecule has 1 aliphatic carbocycles. The van der Waals surface area contributed by atoms with E-state index in [4.69, 9.17) is 0 Å². The third-order valence-corrected chi connectivity index (χ3v) is 3.66. The molecule has 0 unspecified atom stereocenters. The highest BCUT2D eigenvalue weighted by atomic mass is 14.9. The maximum Gasteiger partial charge on any atom is 0.0172 e. The van der Waals surface area contributed by atoms with E-state index in [1.165, 1.54) is 32.1 Å². The van der Waals surface area contributed by atoms with Gasteiger partial charge in [-0.25, -0.2) is 0 Å². The molecule has 1 heteroatoms. The van der Waals surface area contributed by atoms with Crippen molar-refractivity contribution in [1.29, 1.82) is 0 Å². The zero-order valence-electron chi connectivity index (χ0n) is 12.5. The van der Waals surface area contributed by atoms with E-state index in [1.807, 2.05) is 0 Å². The van der Waals surface area contributed by atoms with Gasteiger partial charge in [0, 0.05) is 12.1 Å². The molecule has 1 aliphatic rings. The van der Waals surface area contributed by atoms with Crippen LogP contribution < -0.4 is 5.32 Å². The molecule has 17 heavy (non-hydrogen) atoms. The van der Waals surface area contributed by atoms with Crippen LogP contribution in [0.25, 0.3) is 0 Å². The summed E-state index contributed by atoms with van der Waals surface area (Å²) in [5, 5.41) is 3.62. The van der Waals surface area contributed by atoms with Crippen molar-refractivity contribution in [3.05, 3.63) is 11.6 Å². The Balaban J connectivity index is 2.54. The van der Waals surface area contributed by atoms with Crippen LogP contribution in [-0.2, 0) is 0 Å². The first-order valence-electron chi connectivity index (χ1n) is 7.34. The third-order valence-electron chi connectivity index (χ3n) is 3.66. The number of nitrogens with one attached hydrogen (secondary N) is 1. The maximum absolute atomic E-state index is 3.62. The van der Waals surface area contributed by atoms with Crippen molar-refractivity contribution in [3.63, 3.8) is 0 Å². The number of hydrogen-bond acceptors (Lipinski definition) is 1. The topological polar surface area (TPSA) is 12.0 Å². The van der Waals surface area contributed by atoms with Crippen LogP contribution in [0.1, 0.15) is 66.7 Å². The van der Waals surface area contributed by atoms with Crippen molar-refractivity contribution < 1.29 is 0 Å². The Labute approximate surface area is 108 Å². The van der Waals surface area contributed by atoms with E-state index in [-0.39, 0.29) is 5.54 Å². The molecule has 0 heterocycles. The monoisotopic (exact) mass is 237 g/mol. The van der Waals surface area contributed by atoms with Gasteiger partial charge in [-0.1, -0.05) is 44.8 Å². The van der Waals surface area contributed by atoms with E-state index in [9.17, 15) is 0 Å². The molecular weight excluding hydrogens is 206 g/mol. The normalized spacial score (nSPS) is 20.0. The second kappa shape index (κ2) is 6.58. The molecule has 0 radical (unpaired) electrons. The Bertz CT molecular complexity index is 239. The molecule has 0 aromatic rings. The summed E-state index contributed by atoms with van der Waals surface area (Å²) in [4.78, 5) is 0. The molecule has 1 rings (SSSR count). The minimum Gasteiger partial charge on any atom is -0.308 e. The van der Waals surface area contributed by atoms with Crippen LogP contribution >= 0.6 is 0 Å². The molecule has 0 atom stereocenters. The van der Waals surface area contributed by atoms with Gasteiger partial charge in [-0.05, 0) is 45.4 Å². The van der Waals surface area contributed by atoms with Crippen molar-refractivity contribution in [1.82, 2.24) is 5.32 Å². The minimum atomic E-state index is 0.223. The Kier molecular flexibility index (Phi) is 5.72. The lowest BCUT2D eigenvalue weighted by Gasteiger charge is -2.25. The quantitative estimate of drug-likeness (QED) is 0.708. The molecule has 0 spiro atoms. The first-order valence-corrected chi connectivity index (χ1v) is 7.34. The molecule has 0 bridgehead atoms. The molecule has 0 aromatic carbocycles. The molecule has 100 valence electrons. The van der Waals surface area contributed by atoms with Gasteiger partial charge >= 0.3 is 0 Å². The zero-order valence-corrected chi connectivity index (χ0v) is 12.5. The molecule has 0 aromatic heterocycles. The lowest BCUT2D eigenvalue weighted by atomic mass is 9.86. The minimum absolute atomic E-state index is 0.223. The standard InChI is InChI=1S/C16H31N/c1-13(2)15(12-17-16(3,4)5)11-14-9-7-6-8-10-14/h11,13-14,17H,6-10,12H2,1-5H3. The van der Waals surface area contributed by atoms with Gasteiger partial charge in [0.25, 0.3) is 0 Å². The van der Waals surface area contributed by atoms with Gasteiger partial charge in [0.05, 0.1) is 0 Å². The largest absolute Gasteiger partial charge is 0.308 e. The Morgan fingerprint density at radius 2 is 1.76 bits per heavy atom. The predicted octanol–water partition coefficient (Wildman–Crippen LogP) is 4.54. The van der Waals surface area contributed by atoms with E-state index >= 15 is 0 Å². The first kappa shape index (κ1) is 14.8. The van der Waals surface area contributed by atoms with Gasteiger partial charge in [-0.3, -0.25) is 0 Å². The molecule has 1 saturated carbocycles. The smallest absolute Gasteiger partial charge is 0.0172 e.